The Labute approximate surface area is 117 Å². The van der Waals surface area contributed by atoms with Crippen LogP contribution in [0, 0.1) is 23.5 Å². The minimum Gasteiger partial charge on any atom is -0.396 e. The van der Waals surface area contributed by atoms with Gasteiger partial charge in [-0.15, -0.1) is 0 Å². The first-order valence-electron chi connectivity index (χ1n) is 6.91. The number of carbonyl (C=O) groups is 1. The summed E-state index contributed by atoms with van der Waals surface area (Å²) in [6.07, 6.45) is 3.12. The molecule has 1 saturated carbocycles. The van der Waals surface area contributed by atoms with E-state index in [1.807, 2.05) is 0 Å². The summed E-state index contributed by atoms with van der Waals surface area (Å²) >= 11 is 0. The Morgan fingerprint density at radius 1 is 1.25 bits per heavy atom. The number of nitrogens with one attached hydrogen (secondary N) is 1. The Bertz CT molecular complexity index is 479. The van der Waals surface area contributed by atoms with Crippen LogP contribution in [-0.2, 0) is 11.2 Å². The number of aliphatic hydroxyl groups excluding tert-OH is 1. The number of aliphatic hydroxyl groups is 1. The summed E-state index contributed by atoms with van der Waals surface area (Å²) in [5.41, 5.74) is 0.450. The van der Waals surface area contributed by atoms with Crippen LogP contribution in [0.25, 0.3) is 0 Å². The zero-order valence-corrected chi connectivity index (χ0v) is 11.2. The average molecular weight is 283 g/mol. The number of carbonyl (C=O) groups excluding carboxylic acids is 1. The minimum absolute atomic E-state index is 0.0354. The van der Waals surface area contributed by atoms with E-state index in [1.165, 1.54) is 6.07 Å². The van der Waals surface area contributed by atoms with Gasteiger partial charge < -0.3 is 10.4 Å². The molecule has 2 N–H and O–H groups in total. The molecule has 20 heavy (non-hydrogen) atoms. The topological polar surface area (TPSA) is 49.3 Å². The van der Waals surface area contributed by atoms with Gasteiger partial charge in [-0.1, -0.05) is 12.5 Å². The van der Waals surface area contributed by atoms with Crippen LogP contribution in [0.15, 0.2) is 18.2 Å². The third-order valence-corrected chi connectivity index (χ3v) is 3.96. The molecule has 1 aliphatic rings. The molecular formula is C15H19F2NO2. The third kappa shape index (κ3) is 3.76. The van der Waals surface area contributed by atoms with Gasteiger partial charge in [0.05, 0.1) is 6.42 Å². The van der Waals surface area contributed by atoms with Crippen molar-refractivity contribution >= 4 is 5.91 Å². The van der Waals surface area contributed by atoms with Gasteiger partial charge in [0, 0.05) is 13.2 Å². The first-order valence-corrected chi connectivity index (χ1v) is 6.91. The summed E-state index contributed by atoms with van der Waals surface area (Å²) in [5, 5.41) is 12.0. The fraction of sp³-hybridized carbons (Fsp3) is 0.533. The monoisotopic (exact) mass is 283 g/mol. The molecule has 0 spiro atoms. The highest BCUT2D eigenvalue weighted by molar-refractivity contribution is 5.78. The molecule has 110 valence electrons. The van der Waals surface area contributed by atoms with Crippen molar-refractivity contribution < 1.29 is 18.7 Å². The zero-order chi connectivity index (χ0) is 14.5. The number of rotatable bonds is 5. The van der Waals surface area contributed by atoms with Crippen LogP contribution in [0.5, 0.6) is 0 Å². The van der Waals surface area contributed by atoms with Gasteiger partial charge >= 0.3 is 0 Å². The van der Waals surface area contributed by atoms with Crippen LogP contribution in [0.3, 0.4) is 0 Å². The van der Waals surface area contributed by atoms with Crippen molar-refractivity contribution in [2.45, 2.75) is 25.7 Å². The Kier molecular flexibility index (Phi) is 5.06. The smallest absolute Gasteiger partial charge is 0.224 e. The van der Waals surface area contributed by atoms with Crippen LogP contribution in [-0.4, -0.2) is 24.2 Å². The first kappa shape index (κ1) is 14.9. The normalized spacial score (nSPS) is 21.9. The summed E-state index contributed by atoms with van der Waals surface area (Å²) in [4.78, 5) is 11.8. The number of hydrogen-bond acceptors (Lipinski definition) is 2. The fourth-order valence-electron chi connectivity index (χ4n) is 2.77. The second-order valence-electron chi connectivity index (χ2n) is 5.36. The molecular weight excluding hydrogens is 264 g/mol. The van der Waals surface area contributed by atoms with Gasteiger partial charge in [0.2, 0.25) is 5.91 Å². The highest BCUT2D eigenvalue weighted by atomic mass is 19.2. The maximum atomic E-state index is 13.0. The molecule has 2 rings (SSSR count). The lowest BCUT2D eigenvalue weighted by molar-refractivity contribution is -0.120. The maximum Gasteiger partial charge on any atom is 0.224 e. The van der Waals surface area contributed by atoms with Crippen LogP contribution in [0.2, 0.25) is 0 Å². The molecule has 1 aliphatic carbocycles. The van der Waals surface area contributed by atoms with Crippen molar-refractivity contribution in [2.75, 3.05) is 13.2 Å². The molecule has 3 nitrogen and oxygen atoms in total. The summed E-state index contributed by atoms with van der Waals surface area (Å²) in [6.45, 7) is 0.692. The average Bonchev–Trinajstić information content (AvgIpc) is 2.88. The Morgan fingerprint density at radius 3 is 2.70 bits per heavy atom. The van der Waals surface area contributed by atoms with Gasteiger partial charge in [-0.25, -0.2) is 8.78 Å². The van der Waals surface area contributed by atoms with Gasteiger partial charge in [0.15, 0.2) is 11.6 Å². The summed E-state index contributed by atoms with van der Waals surface area (Å²) in [6, 6.07) is 3.47. The zero-order valence-electron chi connectivity index (χ0n) is 11.2. The molecule has 1 amide bonds. The van der Waals surface area contributed by atoms with E-state index in [4.69, 9.17) is 0 Å². The largest absolute Gasteiger partial charge is 0.396 e. The Balaban J connectivity index is 1.81. The quantitative estimate of drug-likeness (QED) is 0.868. The minimum atomic E-state index is -0.938. The molecule has 0 bridgehead atoms. The van der Waals surface area contributed by atoms with Crippen molar-refractivity contribution in [1.82, 2.24) is 5.32 Å². The molecule has 1 fully saturated rings. The third-order valence-electron chi connectivity index (χ3n) is 3.96. The lowest BCUT2D eigenvalue weighted by Crippen LogP contribution is -2.32. The lowest BCUT2D eigenvalue weighted by atomic mass is 9.97. The van der Waals surface area contributed by atoms with Gasteiger partial charge in [0.1, 0.15) is 0 Å². The van der Waals surface area contributed by atoms with E-state index in [0.29, 0.717) is 18.0 Å². The van der Waals surface area contributed by atoms with E-state index in [9.17, 15) is 18.7 Å². The SMILES string of the molecule is O=C(Cc1ccc(F)c(F)c1)NCC1CCCC1CO. The van der Waals surface area contributed by atoms with Crippen LogP contribution < -0.4 is 5.32 Å². The highest BCUT2D eigenvalue weighted by Crippen LogP contribution is 2.30. The molecule has 1 aromatic carbocycles. The van der Waals surface area contributed by atoms with Crippen LogP contribution in [0.1, 0.15) is 24.8 Å². The summed E-state index contributed by atoms with van der Waals surface area (Å²) < 4.78 is 25.8. The molecule has 0 saturated heterocycles. The van der Waals surface area contributed by atoms with Crippen molar-refractivity contribution in [3.8, 4) is 0 Å². The van der Waals surface area contributed by atoms with Gasteiger partial charge in [-0.3, -0.25) is 4.79 Å². The van der Waals surface area contributed by atoms with E-state index in [0.717, 1.165) is 31.4 Å². The number of halogens is 2. The van der Waals surface area contributed by atoms with Crippen LogP contribution in [0.4, 0.5) is 8.78 Å². The molecule has 1 aromatic rings. The van der Waals surface area contributed by atoms with E-state index >= 15 is 0 Å². The van der Waals surface area contributed by atoms with Crippen molar-refractivity contribution in [3.05, 3.63) is 35.4 Å². The summed E-state index contributed by atoms with van der Waals surface area (Å²) in [5.74, 6) is -1.48. The predicted octanol–water partition coefficient (Wildman–Crippen LogP) is 2.03. The molecule has 2 unspecified atom stereocenters. The lowest BCUT2D eigenvalue weighted by Gasteiger charge is -2.17. The molecule has 0 radical (unpaired) electrons. The second-order valence-corrected chi connectivity index (χ2v) is 5.36. The maximum absolute atomic E-state index is 13.0. The molecule has 0 heterocycles. The molecule has 5 heteroatoms. The fourth-order valence-corrected chi connectivity index (χ4v) is 2.77. The van der Waals surface area contributed by atoms with Crippen molar-refractivity contribution in [2.24, 2.45) is 11.8 Å². The van der Waals surface area contributed by atoms with Crippen molar-refractivity contribution in [1.29, 1.82) is 0 Å². The second kappa shape index (κ2) is 6.79. The van der Waals surface area contributed by atoms with Crippen LogP contribution >= 0.6 is 0 Å². The predicted molar refractivity (Wildman–Crippen MR) is 71.0 cm³/mol. The summed E-state index contributed by atoms with van der Waals surface area (Å²) in [7, 11) is 0. The highest BCUT2D eigenvalue weighted by Gasteiger charge is 2.26. The van der Waals surface area contributed by atoms with E-state index in [1.54, 1.807) is 0 Å². The molecule has 0 aliphatic heterocycles. The molecule has 2 atom stereocenters. The standard InChI is InChI=1S/C15H19F2NO2/c16-13-5-4-10(6-14(13)17)7-15(20)18-8-11-2-1-3-12(11)9-19/h4-6,11-12,19H,1-3,7-9H2,(H,18,20). The Hall–Kier alpha value is -1.49. The van der Waals surface area contributed by atoms with E-state index in [-0.39, 0.29) is 24.9 Å². The van der Waals surface area contributed by atoms with Gasteiger partial charge in [-0.05, 0) is 42.4 Å². The van der Waals surface area contributed by atoms with Gasteiger partial charge in [0.25, 0.3) is 0 Å². The first-order chi connectivity index (χ1) is 9.60. The van der Waals surface area contributed by atoms with E-state index in [2.05, 4.69) is 5.32 Å². The number of benzene rings is 1. The van der Waals surface area contributed by atoms with Crippen molar-refractivity contribution in [3.63, 3.8) is 0 Å². The number of amides is 1. The number of hydrogen-bond donors (Lipinski definition) is 2. The Morgan fingerprint density at radius 2 is 2.00 bits per heavy atom. The van der Waals surface area contributed by atoms with E-state index < -0.39 is 11.6 Å². The molecule has 0 aromatic heterocycles. The van der Waals surface area contributed by atoms with Gasteiger partial charge in [-0.2, -0.15) is 0 Å².